The number of anilines is 1. The number of rotatable bonds is 4. The number of thiocarbonyl (C=S) groups is 1. The Morgan fingerprint density at radius 2 is 2.47 bits per heavy atom. The summed E-state index contributed by atoms with van der Waals surface area (Å²) < 4.78 is 0. The second kappa shape index (κ2) is 5.42. The van der Waals surface area contributed by atoms with Crippen LogP contribution in [0, 0.1) is 0 Å². The van der Waals surface area contributed by atoms with Crippen LogP contribution in [0.1, 0.15) is 18.5 Å². The van der Waals surface area contributed by atoms with Gasteiger partial charge in [-0.05, 0) is 38.6 Å². The highest BCUT2D eigenvalue weighted by Gasteiger charge is 2.20. The molecule has 92 valence electrons. The normalized spacial score (nSPS) is 20.4. The molecule has 1 unspecified atom stereocenters. The fraction of sp³-hybridized carbons (Fsp3) is 0.500. The lowest BCUT2D eigenvalue weighted by atomic mass is 10.2. The molecule has 0 radical (unpaired) electrons. The van der Waals surface area contributed by atoms with Crippen molar-refractivity contribution in [2.45, 2.75) is 18.9 Å². The zero-order chi connectivity index (χ0) is 12.3. The molecule has 0 aliphatic carbocycles. The smallest absolute Gasteiger partial charge is 0.126 e. The van der Waals surface area contributed by atoms with Crippen molar-refractivity contribution in [1.82, 2.24) is 9.88 Å². The molecule has 5 heteroatoms. The molecule has 4 nitrogen and oxygen atoms in total. The molecule has 0 aromatic carbocycles. The fourth-order valence-corrected chi connectivity index (χ4v) is 2.24. The molecule has 1 aliphatic heterocycles. The second-order valence-corrected chi connectivity index (χ2v) is 4.87. The summed E-state index contributed by atoms with van der Waals surface area (Å²) in [5.74, 6) is 0.843. The van der Waals surface area contributed by atoms with Crippen LogP contribution in [-0.4, -0.2) is 41.1 Å². The van der Waals surface area contributed by atoms with E-state index in [1.165, 1.54) is 19.4 Å². The molecule has 3 N–H and O–H groups in total. The van der Waals surface area contributed by atoms with Crippen LogP contribution in [0.25, 0.3) is 0 Å². The highest BCUT2D eigenvalue weighted by atomic mass is 32.1. The average Bonchev–Trinajstić information content (AvgIpc) is 2.72. The van der Waals surface area contributed by atoms with Crippen molar-refractivity contribution < 1.29 is 0 Å². The standard InChI is InChI=1S/C12H18N4S/c1-16-7-3-4-9(16)8-14-11-6-2-5-10(15-11)12(13)17/h2,5-6,9H,3-4,7-8H2,1H3,(H2,13,17)(H,14,15). The van der Waals surface area contributed by atoms with Crippen LogP contribution >= 0.6 is 12.2 Å². The minimum absolute atomic E-state index is 0.339. The number of likely N-dealkylation sites (N-methyl/N-ethyl adjacent to an activating group) is 1. The Kier molecular flexibility index (Phi) is 3.91. The van der Waals surface area contributed by atoms with Gasteiger partial charge in [-0.15, -0.1) is 0 Å². The third-order valence-corrected chi connectivity index (χ3v) is 3.40. The molecular formula is C12H18N4S. The highest BCUT2D eigenvalue weighted by Crippen LogP contribution is 2.15. The molecule has 1 aromatic heterocycles. The molecule has 0 bridgehead atoms. The van der Waals surface area contributed by atoms with E-state index in [0.717, 1.165) is 12.4 Å². The molecule has 0 spiro atoms. The van der Waals surface area contributed by atoms with Gasteiger partial charge >= 0.3 is 0 Å². The lowest BCUT2D eigenvalue weighted by molar-refractivity contribution is 0.322. The minimum atomic E-state index is 0.339. The van der Waals surface area contributed by atoms with E-state index in [4.69, 9.17) is 18.0 Å². The summed E-state index contributed by atoms with van der Waals surface area (Å²) in [5, 5.41) is 3.34. The van der Waals surface area contributed by atoms with Crippen molar-refractivity contribution >= 4 is 23.0 Å². The van der Waals surface area contributed by atoms with Crippen molar-refractivity contribution in [1.29, 1.82) is 0 Å². The number of nitrogens with zero attached hydrogens (tertiary/aromatic N) is 2. The predicted molar refractivity (Wildman–Crippen MR) is 74.3 cm³/mol. The van der Waals surface area contributed by atoms with Crippen LogP contribution < -0.4 is 11.1 Å². The summed E-state index contributed by atoms with van der Waals surface area (Å²) >= 11 is 4.91. The van der Waals surface area contributed by atoms with Crippen LogP contribution in [0.15, 0.2) is 18.2 Å². The van der Waals surface area contributed by atoms with Gasteiger partial charge in [-0.1, -0.05) is 18.3 Å². The first kappa shape index (κ1) is 12.3. The molecule has 1 aliphatic rings. The van der Waals surface area contributed by atoms with Gasteiger partial charge in [0.1, 0.15) is 10.8 Å². The zero-order valence-electron chi connectivity index (χ0n) is 10.0. The Morgan fingerprint density at radius 1 is 1.65 bits per heavy atom. The first-order valence-electron chi connectivity index (χ1n) is 5.88. The van der Waals surface area contributed by atoms with Crippen molar-refractivity contribution in [2.24, 2.45) is 5.73 Å². The number of nitrogens with two attached hydrogens (primary N) is 1. The molecular weight excluding hydrogens is 232 g/mol. The molecule has 1 atom stereocenters. The van der Waals surface area contributed by atoms with Crippen molar-refractivity contribution in [2.75, 3.05) is 25.5 Å². The summed E-state index contributed by atoms with van der Waals surface area (Å²) in [5.41, 5.74) is 6.23. The summed E-state index contributed by atoms with van der Waals surface area (Å²) in [6.45, 7) is 2.11. The fourth-order valence-electron chi connectivity index (χ4n) is 2.13. The third kappa shape index (κ3) is 3.14. The van der Waals surface area contributed by atoms with E-state index in [2.05, 4.69) is 22.2 Å². The number of likely N-dealkylation sites (tertiary alicyclic amines) is 1. The first-order valence-corrected chi connectivity index (χ1v) is 6.28. The average molecular weight is 250 g/mol. The maximum Gasteiger partial charge on any atom is 0.126 e. The van der Waals surface area contributed by atoms with Crippen molar-refractivity contribution in [3.63, 3.8) is 0 Å². The number of hydrogen-bond acceptors (Lipinski definition) is 4. The van der Waals surface area contributed by atoms with Gasteiger partial charge in [0.05, 0.1) is 5.69 Å². The molecule has 0 saturated carbocycles. The maximum atomic E-state index is 5.56. The van der Waals surface area contributed by atoms with Gasteiger partial charge < -0.3 is 16.0 Å². The van der Waals surface area contributed by atoms with Gasteiger partial charge in [0.2, 0.25) is 0 Å². The van der Waals surface area contributed by atoms with Gasteiger partial charge in [0.15, 0.2) is 0 Å². The van der Waals surface area contributed by atoms with Gasteiger partial charge in [0.25, 0.3) is 0 Å². The Hall–Kier alpha value is -1.20. The molecule has 2 rings (SSSR count). The van der Waals surface area contributed by atoms with Crippen LogP contribution in [0.5, 0.6) is 0 Å². The number of aromatic nitrogens is 1. The molecule has 1 saturated heterocycles. The van der Waals surface area contributed by atoms with E-state index < -0.39 is 0 Å². The van der Waals surface area contributed by atoms with E-state index in [-0.39, 0.29) is 0 Å². The first-order chi connectivity index (χ1) is 8.16. The van der Waals surface area contributed by atoms with Crippen molar-refractivity contribution in [3.05, 3.63) is 23.9 Å². The molecule has 1 fully saturated rings. The van der Waals surface area contributed by atoms with Crippen LogP contribution in [0.3, 0.4) is 0 Å². The number of nitrogens with one attached hydrogen (secondary N) is 1. The number of pyridine rings is 1. The Bertz CT molecular complexity index is 407. The molecule has 17 heavy (non-hydrogen) atoms. The van der Waals surface area contributed by atoms with Gasteiger partial charge in [-0.3, -0.25) is 0 Å². The van der Waals surface area contributed by atoms with Gasteiger partial charge in [-0.2, -0.15) is 0 Å². The van der Waals surface area contributed by atoms with Crippen LogP contribution in [0.2, 0.25) is 0 Å². The largest absolute Gasteiger partial charge is 0.388 e. The zero-order valence-corrected chi connectivity index (χ0v) is 10.8. The second-order valence-electron chi connectivity index (χ2n) is 4.43. The topological polar surface area (TPSA) is 54.2 Å². The Balaban J connectivity index is 1.94. The summed E-state index contributed by atoms with van der Waals surface area (Å²) in [6, 6.07) is 6.29. The quantitative estimate of drug-likeness (QED) is 0.787. The summed E-state index contributed by atoms with van der Waals surface area (Å²) in [4.78, 5) is 7.08. The SMILES string of the molecule is CN1CCCC1CNc1cccc(C(N)=S)n1. The molecule has 0 amide bonds. The molecule has 2 heterocycles. The maximum absolute atomic E-state index is 5.56. The predicted octanol–water partition coefficient (Wildman–Crippen LogP) is 1.22. The minimum Gasteiger partial charge on any atom is -0.388 e. The summed E-state index contributed by atoms with van der Waals surface area (Å²) in [7, 11) is 2.16. The van der Waals surface area contributed by atoms with E-state index in [9.17, 15) is 0 Å². The van der Waals surface area contributed by atoms with Gasteiger partial charge in [-0.25, -0.2) is 4.98 Å². The van der Waals surface area contributed by atoms with E-state index in [0.29, 0.717) is 16.7 Å². The third-order valence-electron chi connectivity index (χ3n) is 3.19. The highest BCUT2D eigenvalue weighted by molar-refractivity contribution is 7.80. The van der Waals surface area contributed by atoms with Crippen LogP contribution in [0.4, 0.5) is 5.82 Å². The lowest BCUT2D eigenvalue weighted by Crippen LogP contribution is -2.31. The monoisotopic (exact) mass is 250 g/mol. The Labute approximate surface area is 107 Å². The Morgan fingerprint density at radius 3 is 3.12 bits per heavy atom. The molecule has 1 aromatic rings. The lowest BCUT2D eigenvalue weighted by Gasteiger charge is -2.20. The van der Waals surface area contributed by atoms with Crippen molar-refractivity contribution in [3.8, 4) is 0 Å². The van der Waals surface area contributed by atoms with Gasteiger partial charge in [0, 0.05) is 12.6 Å². The summed E-state index contributed by atoms with van der Waals surface area (Å²) in [6.07, 6.45) is 2.53. The van der Waals surface area contributed by atoms with E-state index in [1.54, 1.807) is 0 Å². The number of hydrogen-bond donors (Lipinski definition) is 2. The van der Waals surface area contributed by atoms with E-state index in [1.807, 2.05) is 18.2 Å². The van der Waals surface area contributed by atoms with Crippen LogP contribution in [-0.2, 0) is 0 Å². The van der Waals surface area contributed by atoms with E-state index >= 15 is 0 Å².